The summed E-state index contributed by atoms with van der Waals surface area (Å²) in [4.78, 5) is 13.2. The van der Waals surface area contributed by atoms with Crippen molar-refractivity contribution in [3.63, 3.8) is 0 Å². The van der Waals surface area contributed by atoms with E-state index in [1.807, 2.05) is 0 Å². The van der Waals surface area contributed by atoms with E-state index in [-0.39, 0.29) is 25.1 Å². The third-order valence-electron chi connectivity index (χ3n) is 3.89. The molecule has 1 aromatic heterocycles. The summed E-state index contributed by atoms with van der Waals surface area (Å²) in [5.74, 6) is -0.863. The Morgan fingerprint density at radius 2 is 2.00 bits per heavy atom. The van der Waals surface area contributed by atoms with Crippen LogP contribution in [0.15, 0.2) is 34.7 Å². The number of hydrogen-bond acceptors (Lipinski definition) is 3. The van der Waals surface area contributed by atoms with Gasteiger partial charge in [0.15, 0.2) is 5.76 Å². The Balaban J connectivity index is 1.93. The molecule has 2 N–H and O–H groups in total. The van der Waals surface area contributed by atoms with E-state index in [1.54, 1.807) is 24.3 Å². The fourth-order valence-corrected chi connectivity index (χ4v) is 2.79. The molecule has 0 bridgehead atoms. The van der Waals surface area contributed by atoms with Crippen molar-refractivity contribution >= 4 is 16.9 Å². The van der Waals surface area contributed by atoms with Gasteiger partial charge in [-0.1, -0.05) is 18.2 Å². The van der Waals surface area contributed by atoms with Gasteiger partial charge in [-0.3, -0.25) is 4.79 Å². The SMILES string of the molecule is NC1CCC(C(F)(F)F)N(C(=O)c2cc3ccccc3o2)C1. The van der Waals surface area contributed by atoms with Crippen LogP contribution in [0.2, 0.25) is 0 Å². The topological polar surface area (TPSA) is 59.5 Å². The number of furan rings is 1. The standard InChI is InChI=1S/C15H15F3N2O2/c16-15(17,18)13-6-5-10(19)8-20(13)14(21)12-7-9-3-1-2-4-11(9)22-12/h1-4,7,10,13H,5-6,8,19H2. The van der Waals surface area contributed by atoms with Crippen molar-refractivity contribution in [1.82, 2.24) is 4.90 Å². The number of nitrogens with zero attached hydrogens (tertiary/aromatic N) is 1. The van der Waals surface area contributed by atoms with E-state index in [2.05, 4.69) is 0 Å². The molecular formula is C15H15F3N2O2. The molecule has 1 aliphatic heterocycles. The number of halogens is 3. The smallest absolute Gasteiger partial charge is 0.408 e. The number of carbonyl (C=O) groups excluding carboxylic acids is 1. The number of benzene rings is 1. The summed E-state index contributed by atoms with van der Waals surface area (Å²) in [5.41, 5.74) is 6.20. The highest BCUT2D eigenvalue weighted by atomic mass is 19.4. The van der Waals surface area contributed by atoms with Gasteiger partial charge in [-0.2, -0.15) is 13.2 Å². The summed E-state index contributed by atoms with van der Waals surface area (Å²) in [5, 5.41) is 0.677. The largest absolute Gasteiger partial charge is 0.451 e. The lowest BCUT2D eigenvalue weighted by Gasteiger charge is -2.38. The number of amides is 1. The molecule has 3 rings (SSSR count). The molecule has 22 heavy (non-hydrogen) atoms. The van der Waals surface area contributed by atoms with E-state index >= 15 is 0 Å². The number of likely N-dealkylation sites (tertiary alicyclic amines) is 1. The van der Waals surface area contributed by atoms with Crippen molar-refractivity contribution in [2.45, 2.75) is 31.1 Å². The van der Waals surface area contributed by atoms with Crippen LogP contribution in [0.4, 0.5) is 13.2 Å². The second-order valence-electron chi connectivity index (χ2n) is 5.50. The van der Waals surface area contributed by atoms with Crippen LogP contribution in [-0.2, 0) is 0 Å². The molecule has 2 atom stereocenters. The van der Waals surface area contributed by atoms with E-state index in [4.69, 9.17) is 10.2 Å². The maximum absolute atomic E-state index is 13.1. The van der Waals surface area contributed by atoms with Gasteiger partial charge in [0.2, 0.25) is 0 Å². The van der Waals surface area contributed by atoms with Gasteiger partial charge in [0.1, 0.15) is 11.6 Å². The number of para-hydroxylation sites is 1. The molecule has 7 heteroatoms. The molecule has 1 saturated heterocycles. The maximum atomic E-state index is 13.1. The van der Waals surface area contributed by atoms with E-state index in [0.29, 0.717) is 11.0 Å². The van der Waals surface area contributed by atoms with Crippen LogP contribution in [0.25, 0.3) is 11.0 Å². The fourth-order valence-electron chi connectivity index (χ4n) is 2.79. The van der Waals surface area contributed by atoms with E-state index in [0.717, 1.165) is 4.90 Å². The number of carbonyl (C=O) groups is 1. The third kappa shape index (κ3) is 2.68. The molecular weight excluding hydrogens is 297 g/mol. The monoisotopic (exact) mass is 312 g/mol. The van der Waals surface area contributed by atoms with Crippen LogP contribution in [-0.4, -0.2) is 35.6 Å². The molecule has 0 saturated carbocycles. The van der Waals surface area contributed by atoms with Gasteiger partial charge in [-0.15, -0.1) is 0 Å². The number of piperidine rings is 1. The van der Waals surface area contributed by atoms with Gasteiger partial charge in [0, 0.05) is 18.0 Å². The predicted molar refractivity (Wildman–Crippen MR) is 74.3 cm³/mol. The first-order valence-corrected chi connectivity index (χ1v) is 6.98. The third-order valence-corrected chi connectivity index (χ3v) is 3.89. The van der Waals surface area contributed by atoms with Gasteiger partial charge >= 0.3 is 6.18 Å². The first kappa shape index (κ1) is 14.9. The molecule has 2 heterocycles. The minimum absolute atomic E-state index is 0.0930. The van der Waals surface area contributed by atoms with Crippen molar-refractivity contribution in [2.75, 3.05) is 6.54 Å². The molecule has 1 aromatic carbocycles. The number of nitrogens with two attached hydrogens (primary N) is 1. The van der Waals surface area contributed by atoms with Gasteiger partial charge in [0.05, 0.1) is 0 Å². The molecule has 2 unspecified atom stereocenters. The highest BCUT2D eigenvalue weighted by Crippen LogP contribution is 2.33. The predicted octanol–water partition coefficient (Wildman–Crippen LogP) is 2.93. The lowest BCUT2D eigenvalue weighted by atomic mass is 9.98. The van der Waals surface area contributed by atoms with Gasteiger partial charge in [0.25, 0.3) is 5.91 Å². The van der Waals surface area contributed by atoms with Crippen molar-refractivity contribution in [3.05, 3.63) is 36.1 Å². The van der Waals surface area contributed by atoms with Crippen LogP contribution >= 0.6 is 0 Å². The van der Waals surface area contributed by atoms with Crippen LogP contribution < -0.4 is 5.73 Å². The maximum Gasteiger partial charge on any atom is 0.408 e. The van der Waals surface area contributed by atoms with Crippen molar-refractivity contribution < 1.29 is 22.4 Å². The van der Waals surface area contributed by atoms with Crippen molar-refractivity contribution in [3.8, 4) is 0 Å². The molecule has 1 aliphatic rings. The first-order valence-electron chi connectivity index (χ1n) is 6.98. The normalized spacial score (nSPS) is 23.0. The Bertz CT molecular complexity index is 662. The lowest BCUT2D eigenvalue weighted by molar-refractivity contribution is -0.184. The quantitative estimate of drug-likeness (QED) is 0.881. The van der Waals surface area contributed by atoms with E-state index < -0.39 is 24.2 Å². The van der Waals surface area contributed by atoms with Crippen molar-refractivity contribution in [1.29, 1.82) is 0 Å². The number of hydrogen-bond donors (Lipinski definition) is 1. The van der Waals surface area contributed by atoms with Crippen LogP contribution in [0.5, 0.6) is 0 Å². The van der Waals surface area contributed by atoms with Crippen molar-refractivity contribution in [2.24, 2.45) is 5.73 Å². The van der Waals surface area contributed by atoms with Crippen LogP contribution in [0.1, 0.15) is 23.4 Å². The van der Waals surface area contributed by atoms with Crippen LogP contribution in [0, 0.1) is 0 Å². The number of alkyl halides is 3. The number of fused-ring (bicyclic) bond motifs is 1. The zero-order valence-corrected chi connectivity index (χ0v) is 11.6. The molecule has 1 fully saturated rings. The summed E-state index contributed by atoms with van der Waals surface area (Å²) in [6.07, 6.45) is -4.41. The van der Waals surface area contributed by atoms with Crippen LogP contribution in [0.3, 0.4) is 0 Å². The molecule has 0 aliphatic carbocycles. The minimum Gasteiger partial charge on any atom is -0.451 e. The highest BCUT2D eigenvalue weighted by molar-refractivity contribution is 5.96. The van der Waals surface area contributed by atoms with E-state index in [9.17, 15) is 18.0 Å². The molecule has 4 nitrogen and oxygen atoms in total. The Morgan fingerprint density at radius 1 is 1.27 bits per heavy atom. The molecule has 0 radical (unpaired) electrons. The van der Waals surface area contributed by atoms with Gasteiger partial charge in [-0.05, 0) is 25.0 Å². The first-order chi connectivity index (χ1) is 10.4. The Kier molecular flexibility index (Phi) is 3.60. The molecule has 118 valence electrons. The average molecular weight is 312 g/mol. The summed E-state index contributed by atoms with van der Waals surface area (Å²) >= 11 is 0. The fraction of sp³-hybridized carbons (Fsp3) is 0.400. The summed E-state index contributed by atoms with van der Waals surface area (Å²) in [7, 11) is 0. The minimum atomic E-state index is -4.47. The van der Waals surface area contributed by atoms with Gasteiger partial charge in [-0.25, -0.2) is 0 Å². The Hall–Kier alpha value is -2.02. The van der Waals surface area contributed by atoms with E-state index in [1.165, 1.54) is 6.07 Å². The Labute approximate surface area is 124 Å². The lowest BCUT2D eigenvalue weighted by Crippen LogP contribution is -2.56. The summed E-state index contributed by atoms with van der Waals surface area (Å²) in [6.45, 7) is -0.125. The molecule has 2 aromatic rings. The summed E-state index contributed by atoms with van der Waals surface area (Å²) in [6, 6.07) is 6.09. The zero-order chi connectivity index (χ0) is 15.9. The second kappa shape index (κ2) is 5.31. The van der Waals surface area contributed by atoms with Gasteiger partial charge < -0.3 is 15.1 Å². The molecule has 0 spiro atoms. The Morgan fingerprint density at radius 3 is 2.68 bits per heavy atom. The molecule has 1 amide bonds. The summed E-state index contributed by atoms with van der Waals surface area (Å²) < 4.78 is 44.8. The highest BCUT2D eigenvalue weighted by Gasteiger charge is 2.48. The zero-order valence-electron chi connectivity index (χ0n) is 11.6. The number of rotatable bonds is 1. The second-order valence-corrected chi connectivity index (χ2v) is 5.50. The average Bonchev–Trinajstić information content (AvgIpc) is 2.89.